The maximum Gasteiger partial charge on any atom is 0.263 e. The molecule has 1 amide bonds. The Bertz CT molecular complexity index is 1130. The van der Waals surface area contributed by atoms with Gasteiger partial charge in [0.1, 0.15) is 11.4 Å². The van der Waals surface area contributed by atoms with E-state index in [1.807, 2.05) is 50.4 Å². The molecular weight excluding hydrogens is 424 g/mol. The minimum atomic E-state index is -0.361. The van der Waals surface area contributed by atoms with Gasteiger partial charge in [-0.2, -0.15) is 11.8 Å². The number of nitrogens with one attached hydrogen (secondary N) is 2. The molecule has 3 aromatic rings. The van der Waals surface area contributed by atoms with Gasteiger partial charge in [-0.3, -0.25) is 9.59 Å². The summed E-state index contributed by atoms with van der Waals surface area (Å²) in [6.07, 6.45) is 4.71. The number of thioether (sulfide) groups is 1. The molecule has 1 aliphatic rings. The third-order valence-corrected chi connectivity index (χ3v) is 6.64. The van der Waals surface area contributed by atoms with Crippen molar-refractivity contribution in [1.82, 2.24) is 19.9 Å². The zero-order chi connectivity index (χ0) is 22.7. The number of aromatic nitrogens is 3. The zero-order valence-electron chi connectivity index (χ0n) is 18.8. The maximum absolute atomic E-state index is 13.3. The maximum atomic E-state index is 13.3. The molecular formula is C24H30N4O3S. The summed E-state index contributed by atoms with van der Waals surface area (Å²) in [6.45, 7) is 4.93. The van der Waals surface area contributed by atoms with Crippen LogP contribution in [0.15, 0.2) is 35.1 Å². The third kappa shape index (κ3) is 4.76. The second kappa shape index (κ2) is 9.92. The number of para-hydroxylation sites is 2. The third-order valence-electron chi connectivity index (χ3n) is 6.00. The van der Waals surface area contributed by atoms with Crippen LogP contribution in [-0.2, 0) is 11.3 Å². The van der Waals surface area contributed by atoms with Crippen molar-refractivity contribution in [1.29, 1.82) is 0 Å². The molecule has 0 radical (unpaired) electrons. The fraction of sp³-hybridized carbons (Fsp3) is 0.458. The standard InChI is InChI=1S/C24H30N4O3S/c1-15-13-16(2)28(14-17-7-6-11-31-17)24(30)21(15)23(29)27-20(10-12-32-3)22-25-18-8-4-5-9-19(18)26-22/h4-5,8-9,13,17,20H,6-7,10-12,14H2,1-3H3,(H,25,26)(H,27,29)/t17?,20-/m0/s1. The molecule has 1 aromatic carbocycles. The van der Waals surface area contributed by atoms with E-state index in [2.05, 4.69) is 15.3 Å². The monoisotopic (exact) mass is 454 g/mol. The first-order valence-electron chi connectivity index (χ1n) is 11.0. The van der Waals surface area contributed by atoms with Crippen LogP contribution in [0.5, 0.6) is 0 Å². The second-order valence-corrected chi connectivity index (χ2v) is 9.33. The number of imidazole rings is 1. The summed E-state index contributed by atoms with van der Waals surface area (Å²) in [5.74, 6) is 1.20. The summed E-state index contributed by atoms with van der Waals surface area (Å²) in [7, 11) is 0. The Kier molecular flexibility index (Phi) is 7.01. The van der Waals surface area contributed by atoms with Crippen LogP contribution in [0.1, 0.15) is 52.7 Å². The van der Waals surface area contributed by atoms with E-state index in [-0.39, 0.29) is 29.2 Å². The van der Waals surface area contributed by atoms with E-state index in [1.54, 1.807) is 16.3 Å². The number of benzene rings is 1. The Labute approximate surface area is 192 Å². The van der Waals surface area contributed by atoms with Gasteiger partial charge in [0.25, 0.3) is 11.5 Å². The summed E-state index contributed by atoms with van der Waals surface area (Å²) in [6, 6.07) is 9.39. The van der Waals surface area contributed by atoms with Gasteiger partial charge in [-0.05, 0) is 68.9 Å². The zero-order valence-corrected chi connectivity index (χ0v) is 19.6. The lowest BCUT2D eigenvalue weighted by molar-refractivity contribution is 0.0915. The summed E-state index contributed by atoms with van der Waals surface area (Å²) in [5, 5.41) is 3.08. The minimum absolute atomic E-state index is 0.0230. The van der Waals surface area contributed by atoms with Crippen molar-refractivity contribution in [2.75, 3.05) is 18.6 Å². The molecule has 2 aromatic heterocycles. The average molecular weight is 455 g/mol. The van der Waals surface area contributed by atoms with Crippen molar-refractivity contribution in [3.8, 4) is 0 Å². The highest BCUT2D eigenvalue weighted by Gasteiger charge is 2.25. The van der Waals surface area contributed by atoms with Gasteiger partial charge in [0.2, 0.25) is 0 Å². The van der Waals surface area contributed by atoms with Crippen LogP contribution in [0.3, 0.4) is 0 Å². The van der Waals surface area contributed by atoms with Crippen LogP contribution >= 0.6 is 11.8 Å². The Balaban J connectivity index is 1.63. The van der Waals surface area contributed by atoms with Crippen molar-refractivity contribution in [2.24, 2.45) is 0 Å². The number of carbonyl (C=O) groups is 1. The van der Waals surface area contributed by atoms with Crippen molar-refractivity contribution < 1.29 is 9.53 Å². The predicted molar refractivity (Wildman–Crippen MR) is 128 cm³/mol. The van der Waals surface area contributed by atoms with Gasteiger partial charge in [0.05, 0.1) is 29.7 Å². The van der Waals surface area contributed by atoms with Crippen molar-refractivity contribution >= 4 is 28.7 Å². The van der Waals surface area contributed by atoms with Crippen LogP contribution in [0.2, 0.25) is 0 Å². The fourth-order valence-corrected chi connectivity index (χ4v) is 4.77. The highest BCUT2D eigenvalue weighted by atomic mass is 32.2. The quantitative estimate of drug-likeness (QED) is 0.541. The van der Waals surface area contributed by atoms with Crippen LogP contribution in [0.25, 0.3) is 11.0 Å². The van der Waals surface area contributed by atoms with Gasteiger partial charge < -0.3 is 19.6 Å². The van der Waals surface area contributed by atoms with Gasteiger partial charge in [-0.25, -0.2) is 4.98 Å². The molecule has 7 nitrogen and oxygen atoms in total. The first-order valence-corrected chi connectivity index (χ1v) is 12.4. The minimum Gasteiger partial charge on any atom is -0.376 e. The molecule has 1 fully saturated rings. The highest BCUT2D eigenvalue weighted by molar-refractivity contribution is 7.98. The smallest absolute Gasteiger partial charge is 0.263 e. The largest absolute Gasteiger partial charge is 0.376 e. The number of fused-ring (bicyclic) bond motifs is 1. The number of pyridine rings is 1. The Morgan fingerprint density at radius 3 is 2.91 bits per heavy atom. The van der Waals surface area contributed by atoms with Crippen LogP contribution in [0, 0.1) is 13.8 Å². The number of ether oxygens (including phenoxy) is 1. The number of aryl methyl sites for hydroxylation is 2. The van der Waals surface area contributed by atoms with Gasteiger partial charge >= 0.3 is 0 Å². The number of rotatable bonds is 8. The first kappa shape index (κ1) is 22.6. The normalized spacial score (nSPS) is 17.0. The van der Waals surface area contributed by atoms with E-state index in [4.69, 9.17) is 4.74 Å². The number of hydrogen-bond donors (Lipinski definition) is 2. The SMILES string of the molecule is CSCC[C@H](NC(=O)c1c(C)cc(C)n(CC2CCCO2)c1=O)c1nc2ccccc2[nH]1. The molecule has 0 bridgehead atoms. The lowest BCUT2D eigenvalue weighted by Crippen LogP contribution is -2.38. The molecule has 3 heterocycles. The van der Waals surface area contributed by atoms with Crippen molar-refractivity contribution in [3.05, 3.63) is 63.3 Å². The molecule has 4 rings (SSSR count). The van der Waals surface area contributed by atoms with Gasteiger partial charge in [-0.15, -0.1) is 0 Å². The van der Waals surface area contributed by atoms with E-state index in [9.17, 15) is 9.59 Å². The first-order chi connectivity index (χ1) is 15.5. The van der Waals surface area contributed by atoms with Gasteiger partial charge in [0.15, 0.2) is 0 Å². The van der Waals surface area contributed by atoms with E-state index in [1.165, 1.54) is 0 Å². The topological polar surface area (TPSA) is 89.0 Å². The predicted octanol–water partition coefficient (Wildman–Crippen LogP) is 3.74. The van der Waals surface area contributed by atoms with Crippen LogP contribution in [-0.4, -0.2) is 45.2 Å². The lowest BCUT2D eigenvalue weighted by Gasteiger charge is -2.20. The summed E-state index contributed by atoms with van der Waals surface area (Å²) in [4.78, 5) is 34.7. The van der Waals surface area contributed by atoms with Crippen LogP contribution in [0.4, 0.5) is 0 Å². The number of carbonyl (C=O) groups excluding carboxylic acids is 1. The van der Waals surface area contributed by atoms with E-state index in [0.29, 0.717) is 24.4 Å². The van der Waals surface area contributed by atoms with Crippen molar-refractivity contribution in [2.45, 2.75) is 51.8 Å². The molecule has 32 heavy (non-hydrogen) atoms. The van der Waals surface area contributed by atoms with E-state index >= 15 is 0 Å². The molecule has 8 heteroatoms. The Morgan fingerprint density at radius 2 is 2.19 bits per heavy atom. The molecule has 2 atom stereocenters. The number of nitrogens with zero attached hydrogens (tertiary/aromatic N) is 2. The average Bonchev–Trinajstić information content (AvgIpc) is 3.43. The summed E-state index contributed by atoms with van der Waals surface area (Å²) in [5.41, 5.74) is 3.24. The molecule has 0 aliphatic carbocycles. The summed E-state index contributed by atoms with van der Waals surface area (Å²) < 4.78 is 7.39. The molecule has 1 unspecified atom stereocenters. The molecule has 2 N–H and O–H groups in total. The van der Waals surface area contributed by atoms with Crippen molar-refractivity contribution in [3.63, 3.8) is 0 Å². The molecule has 0 spiro atoms. The number of aromatic amines is 1. The molecule has 1 saturated heterocycles. The van der Waals surface area contributed by atoms with Gasteiger partial charge in [-0.1, -0.05) is 12.1 Å². The van der Waals surface area contributed by atoms with Gasteiger partial charge in [0, 0.05) is 12.3 Å². The molecule has 170 valence electrons. The molecule has 0 saturated carbocycles. The summed E-state index contributed by atoms with van der Waals surface area (Å²) >= 11 is 1.71. The number of H-pyrrole nitrogens is 1. The van der Waals surface area contributed by atoms with E-state index < -0.39 is 0 Å². The Morgan fingerprint density at radius 1 is 1.38 bits per heavy atom. The number of amides is 1. The second-order valence-electron chi connectivity index (χ2n) is 8.34. The lowest BCUT2D eigenvalue weighted by atomic mass is 10.1. The molecule has 1 aliphatic heterocycles. The fourth-order valence-electron chi connectivity index (χ4n) is 4.30. The Hall–Kier alpha value is -2.58. The van der Waals surface area contributed by atoms with E-state index in [0.717, 1.165) is 41.9 Å². The van der Waals surface area contributed by atoms with Crippen LogP contribution < -0.4 is 10.9 Å². The highest BCUT2D eigenvalue weighted by Crippen LogP contribution is 2.21. The number of hydrogen-bond acceptors (Lipinski definition) is 5.